The molecule has 0 spiro atoms. The minimum Gasteiger partial charge on any atom is -0.376 e. The van der Waals surface area contributed by atoms with Crippen molar-refractivity contribution in [2.75, 3.05) is 24.6 Å². The summed E-state index contributed by atoms with van der Waals surface area (Å²) in [5.41, 5.74) is 0.558. The van der Waals surface area contributed by atoms with E-state index in [-0.39, 0.29) is 18.1 Å². The van der Waals surface area contributed by atoms with Gasteiger partial charge in [-0.15, -0.1) is 0 Å². The van der Waals surface area contributed by atoms with Gasteiger partial charge in [0.25, 0.3) is 5.91 Å². The number of carbonyl (C=O) groups is 1. The maximum atomic E-state index is 12.6. The van der Waals surface area contributed by atoms with Crippen molar-refractivity contribution >= 4 is 11.9 Å². The molecule has 7 heteroatoms. The minimum atomic E-state index is -0.123. The van der Waals surface area contributed by atoms with Crippen LogP contribution in [-0.4, -0.2) is 52.7 Å². The van der Waals surface area contributed by atoms with Crippen molar-refractivity contribution in [2.24, 2.45) is 5.92 Å². The third-order valence-corrected chi connectivity index (χ3v) is 4.84. The van der Waals surface area contributed by atoms with Crippen LogP contribution in [0.5, 0.6) is 0 Å². The number of carbonyl (C=O) groups excluding carboxylic acids is 1. The Morgan fingerprint density at radius 3 is 2.88 bits per heavy atom. The monoisotopic (exact) mass is 339 g/mol. The molecule has 130 valence electrons. The molecule has 3 atom stereocenters. The molecule has 2 aliphatic rings. The van der Waals surface area contributed by atoms with Crippen LogP contribution in [0.25, 0.3) is 0 Å². The van der Waals surface area contributed by atoms with E-state index in [0.29, 0.717) is 24.0 Å². The lowest BCUT2D eigenvalue weighted by molar-refractivity contribution is -0.0523. The molecule has 0 bridgehead atoms. The van der Waals surface area contributed by atoms with E-state index in [4.69, 9.17) is 4.74 Å². The molecular formula is C18H21N5O2. The Labute approximate surface area is 146 Å². The molecule has 4 heterocycles. The first-order valence-corrected chi connectivity index (χ1v) is 8.66. The summed E-state index contributed by atoms with van der Waals surface area (Å²) < 4.78 is 6.02. The summed E-state index contributed by atoms with van der Waals surface area (Å²) in [6.07, 6.45) is 8.90. The normalized spacial score (nSPS) is 25.9. The van der Waals surface area contributed by atoms with E-state index in [1.54, 1.807) is 36.9 Å². The maximum Gasteiger partial charge on any atom is 0.253 e. The van der Waals surface area contributed by atoms with E-state index in [0.717, 1.165) is 26.0 Å². The fraction of sp³-hybridized carbons (Fsp3) is 0.444. The Morgan fingerprint density at radius 1 is 1.20 bits per heavy atom. The summed E-state index contributed by atoms with van der Waals surface area (Å²) in [6.45, 7) is 2.24. The SMILES string of the molecule is O=C(N[C@@H]1CN(c2ncccn2)C[C@@H]2CCCO[C@@H]21)c1cccnc1. The van der Waals surface area contributed by atoms with Crippen molar-refractivity contribution in [3.8, 4) is 0 Å². The van der Waals surface area contributed by atoms with Crippen molar-refractivity contribution in [3.05, 3.63) is 48.5 Å². The highest BCUT2D eigenvalue weighted by molar-refractivity contribution is 5.94. The maximum absolute atomic E-state index is 12.6. The van der Waals surface area contributed by atoms with E-state index in [9.17, 15) is 4.79 Å². The summed E-state index contributed by atoms with van der Waals surface area (Å²) in [6, 6.07) is 5.24. The Morgan fingerprint density at radius 2 is 2.08 bits per heavy atom. The smallest absolute Gasteiger partial charge is 0.253 e. The van der Waals surface area contributed by atoms with E-state index in [2.05, 4.69) is 25.2 Å². The summed E-state index contributed by atoms with van der Waals surface area (Å²) in [7, 11) is 0. The minimum absolute atomic E-state index is 0.0364. The molecule has 2 fully saturated rings. The summed E-state index contributed by atoms with van der Waals surface area (Å²) in [5, 5.41) is 3.13. The van der Waals surface area contributed by atoms with Gasteiger partial charge in [0, 0.05) is 50.4 Å². The first-order valence-electron chi connectivity index (χ1n) is 8.66. The number of rotatable bonds is 3. The molecule has 0 aliphatic carbocycles. The molecule has 0 unspecified atom stereocenters. The molecule has 4 rings (SSSR count). The third kappa shape index (κ3) is 3.46. The predicted octanol–water partition coefficient (Wildman–Crippen LogP) is 1.29. The van der Waals surface area contributed by atoms with Gasteiger partial charge in [-0.25, -0.2) is 9.97 Å². The van der Waals surface area contributed by atoms with E-state index in [1.807, 2.05) is 6.07 Å². The number of hydrogen-bond donors (Lipinski definition) is 1. The van der Waals surface area contributed by atoms with Crippen LogP contribution < -0.4 is 10.2 Å². The number of anilines is 1. The summed E-state index contributed by atoms with van der Waals surface area (Å²) in [5.74, 6) is 0.944. The second-order valence-electron chi connectivity index (χ2n) is 6.51. The molecule has 1 N–H and O–H groups in total. The highest BCUT2D eigenvalue weighted by atomic mass is 16.5. The molecular weight excluding hydrogens is 318 g/mol. The molecule has 1 amide bonds. The van der Waals surface area contributed by atoms with Crippen LogP contribution in [0.1, 0.15) is 23.2 Å². The second kappa shape index (κ2) is 7.14. The fourth-order valence-corrected chi connectivity index (χ4v) is 3.70. The third-order valence-electron chi connectivity index (χ3n) is 4.84. The van der Waals surface area contributed by atoms with E-state index < -0.39 is 0 Å². The topological polar surface area (TPSA) is 80.2 Å². The van der Waals surface area contributed by atoms with Gasteiger partial charge in [-0.05, 0) is 31.0 Å². The molecule has 2 saturated heterocycles. The summed E-state index contributed by atoms with van der Waals surface area (Å²) >= 11 is 0. The van der Waals surface area contributed by atoms with Gasteiger partial charge < -0.3 is 15.0 Å². The highest BCUT2D eigenvalue weighted by Crippen LogP contribution is 2.30. The molecule has 25 heavy (non-hydrogen) atoms. The highest BCUT2D eigenvalue weighted by Gasteiger charge is 2.40. The number of pyridine rings is 1. The lowest BCUT2D eigenvalue weighted by Crippen LogP contribution is -2.61. The Hall–Kier alpha value is -2.54. The lowest BCUT2D eigenvalue weighted by Gasteiger charge is -2.45. The van der Waals surface area contributed by atoms with Gasteiger partial charge in [-0.2, -0.15) is 0 Å². The summed E-state index contributed by atoms with van der Waals surface area (Å²) in [4.78, 5) is 27.5. The van der Waals surface area contributed by atoms with Crippen LogP contribution in [0, 0.1) is 5.92 Å². The van der Waals surface area contributed by atoms with E-state index >= 15 is 0 Å². The Balaban J connectivity index is 1.54. The van der Waals surface area contributed by atoms with Gasteiger partial charge in [0.2, 0.25) is 5.95 Å². The first-order chi connectivity index (χ1) is 12.3. The van der Waals surface area contributed by atoms with Crippen LogP contribution in [0.3, 0.4) is 0 Å². The number of fused-ring (bicyclic) bond motifs is 1. The largest absolute Gasteiger partial charge is 0.376 e. The van der Waals surface area contributed by atoms with Gasteiger partial charge in [-0.1, -0.05) is 0 Å². The Bertz CT molecular complexity index is 712. The number of amides is 1. The Kier molecular flexibility index (Phi) is 4.56. The second-order valence-corrected chi connectivity index (χ2v) is 6.51. The van der Waals surface area contributed by atoms with Crippen molar-refractivity contribution in [2.45, 2.75) is 25.0 Å². The zero-order chi connectivity index (χ0) is 17.1. The van der Waals surface area contributed by atoms with Gasteiger partial charge in [0.1, 0.15) is 0 Å². The number of ether oxygens (including phenoxy) is 1. The van der Waals surface area contributed by atoms with Crippen LogP contribution >= 0.6 is 0 Å². The van der Waals surface area contributed by atoms with Gasteiger partial charge in [0.15, 0.2) is 0 Å². The van der Waals surface area contributed by atoms with Crippen molar-refractivity contribution in [1.82, 2.24) is 20.3 Å². The lowest BCUT2D eigenvalue weighted by atomic mass is 9.85. The number of piperidine rings is 1. The number of hydrogen-bond acceptors (Lipinski definition) is 6. The predicted molar refractivity (Wildman–Crippen MR) is 92.2 cm³/mol. The molecule has 0 radical (unpaired) electrons. The molecule has 2 aromatic heterocycles. The standard InChI is InChI=1S/C18H21N5O2/c24-17(13-4-1-6-19-10-13)22-15-12-23(18-20-7-3-8-21-18)11-14-5-2-9-25-16(14)15/h1,3-4,6-8,10,14-16H,2,5,9,11-12H2,(H,22,24)/t14-,15+,16-/m0/s1. The van der Waals surface area contributed by atoms with Crippen molar-refractivity contribution in [1.29, 1.82) is 0 Å². The fourth-order valence-electron chi connectivity index (χ4n) is 3.70. The molecule has 0 aromatic carbocycles. The number of nitrogens with zero attached hydrogens (tertiary/aromatic N) is 4. The van der Waals surface area contributed by atoms with Gasteiger partial charge in [-0.3, -0.25) is 9.78 Å². The van der Waals surface area contributed by atoms with Crippen LogP contribution in [0.4, 0.5) is 5.95 Å². The molecule has 2 aromatic rings. The zero-order valence-corrected chi connectivity index (χ0v) is 13.9. The van der Waals surface area contributed by atoms with E-state index in [1.165, 1.54) is 0 Å². The van der Waals surface area contributed by atoms with Crippen molar-refractivity contribution < 1.29 is 9.53 Å². The van der Waals surface area contributed by atoms with Gasteiger partial charge >= 0.3 is 0 Å². The van der Waals surface area contributed by atoms with Crippen LogP contribution in [0.2, 0.25) is 0 Å². The first kappa shape index (κ1) is 16.0. The van der Waals surface area contributed by atoms with Crippen LogP contribution in [-0.2, 0) is 4.74 Å². The van der Waals surface area contributed by atoms with Crippen LogP contribution in [0.15, 0.2) is 43.0 Å². The molecule has 0 saturated carbocycles. The average molecular weight is 339 g/mol. The number of aromatic nitrogens is 3. The zero-order valence-electron chi connectivity index (χ0n) is 13.9. The van der Waals surface area contributed by atoms with Crippen molar-refractivity contribution in [3.63, 3.8) is 0 Å². The molecule has 2 aliphatic heterocycles. The quantitative estimate of drug-likeness (QED) is 0.907. The average Bonchev–Trinajstić information content (AvgIpc) is 2.69. The molecule has 7 nitrogen and oxygen atoms in total. The van der Waals surface area contributed by atoms with Gasteiger partial charge in [0.05, 0.1) is 17.7 Å². The number of nitrogens with one attached hydrogen (secondary N) is 1.